The molecule has 21 heavy (non-hydrogen) atoms. The highest BCUT2D eigenvalue weighted by Crippen LogP contribution is 2.35. The number of fused-ring (bicyclic) bond motifs is 1. The van der Waals surface area contributed by atoms with Crippen LogP contribution >= 0.6 is 0 Å². The Balaban J connectivity index is 1.81. The molecule has 2 unspecified atom stereocenters. The maximum atomic E-state index is 12.6. The highest BCUT2D eigenvalue weighted by Gasteiger charge is 2.31. The fraction of sp³-hybridized carbons (Fsp3) is 0.294. The smallest absolute Gasteiger partial charge is 0.327 e. The number of benzene rings is 2. The van der Waals surface area contributed by atoms with E-state index in [1.165, 1.54) is 11.1 Å². The SMILES string of the molecule is NC1Cc2ccccc2C1Cc1ccc(C(F)(F)F)cc1. The number of hydrogen-bond acceptors (Lipinski definition) is 1. The Bertz CT molecular complexity index is 631. The molecule has 0 spiro atoms. The summed E-state index contributed by atoms with van der Waals surface area (Å²) in [5, 5.41) is 0. The second-order valence-electron chi connectivity index (χ2n) is 5.57. The van der Waals surface area contributed by atoms with Crippen molar-refractivity contribution >= 4 is 0 Å². The van der Waals surface area contributed by atoms with Gasteiger partial charge < -0.3 is 5.73 Å². The van der Waals surface area contributed by atoms with Gasteiger partial charge in [0, 0.05) is 12.0 Å². The Hall–Kier alpha value is -1.81. The quantitative estimate of drug-likeness (QED) is 0.892. The van der Waals surface area contributed by atoms with Gasteiger partial charge in [0.2, 0.25) is 0 Å². The molecule has 2 aromatic carbocycles. The summed E-state index contributed by atoms with van der Waals surface area (Å²) in [6.45, 7) is 0. The monoisotopic (exact) mass is 291 g/mol. The molecule has 110 valence electrons. The Labute approximate surface area is 121 Å². The van der Waals surface area contributed by atoms with Gasteiger partial charge in [-0.25, -0.2) is 0 Å². The van der Waals surface area contributed by atoms with Gasteiger partial charge in [-0.15, -0.1) is 0 Å². The fourth-order valence-corrected chi connectivity index (χ4v) is 3.05. The van der Waals surface area contributed by atoms with Crippen LogP contribution in [0.2, 0.25) is 0 Å². The normalized spacial score (nSPS) is 21.3. The van der Waals surface area contributed by atoms with Crippen LogP contribution in [0.25, 0.3) is 0 Å². The zero-order valence-electron chi connectivity index (χ0n) is 11.4. The summed E-state index contributed by atoms with van der Waals surface area (Å²) in [7, 11) is 0. The van der Waals surface area contributed by atoms with Gasteiger partial charge in [0.15, 0.2) is 0 Å². The lowest BCUT2D eigenvalue weighted by atomic mass is 9.91. The van der Waals surface area contributed by atoms with Crippen molar-refractivity contribution in [3.8, 4) is 0 Å². The molecule has 2 atom stereocenters. The van der Waals surface area contributed by atoms with Gasteiger partial charge in [0.1, 0.15) is 0 Å². The minimum atomic E-state index is -4.28. The van der Waals surface area contributed by atoms with Crippen molar-refractivity contribution in [3.63, 3.8) is 0 Å². The molecule has 2 N–H and O–H groups in total. The maximum Gasteiger partial charge on any atom is 0.416 e. The van der Waals surface area contributed by atoms with E-state index in [1.807, 2.05) is 12.1 Å². The molecule has 1 aliphatic carbocycles. The highest BCUT2D eigenvalue weighted by atomic mass is 19.4. The molecule has 0 saturated heterocycles. The zero-order chi connectivity index (χ0) is 15.0. The molecule has 1 aliphatic rings. The minimum Gasteiger partial charge on any atom is -0.327 e. The van der Waals surface area contributed by atoms with E-state index in [1.54, 1.807) is 12.1 Å². The predicted octanol–water partition coefficient (Wildman–Crippen LogP) is 3.92. The van der Waals surface area contributed by atoms with Crippen LogP contribution in [-0.2, 0) is 19.0 Å². The third-order valence-electron chi connectivity index (χ3n) is 4.16. The predicted molar refractivity (Wildman–Crippen MR) is 76.0 cm³/mol. The Kier molecular flexibility index (Phi) is 3.49. The molecule has 0 bridgehead atoms. The van der Waals surface area contributed by atoms with Gasteiger partial charge in [-0.2, -0.15) is 13.2 Å². The van der Waals surface area contributed by atoms with Crippen LogP contribution in [0.4, 0.5) is 13.2 Å². The number of rotatable bonds is 2. The van der Waals surface area contributed by atoms with Crippen molar-refractivity contribution in [2.75, 3.05) is 0 Å². The molecular weight excluding hydrogens is 275 g/mol. The fourth-order valence-electron chi connectivity index (χ4n) is 3.05. The van der Waals surface area contributed by atoms with Crippen LogP contribution in [0.3, 0.4) is 0 Å². The number of alkyl halides is 3. The lowest BCUT2D eigenvalue weighted by molar-refractivity contribution is -0.137. The summed E-state index contributed by atoms with van der Waals surface area (Å²) < 4.78 is 37.7. The van der Waals surface area contributed by atoms with Crippen molar-refractivity contribution in [2.45, 2.75) is 31.0 Å². The van der Waals surface area contributed by atoms with Crippen molar-refractivity contribution in [1.82, 2.24) is 0 Å². The molecule has 0 radical (unpaired) electrons. The molecular formula is C17H16F3N. The van der Waals surface area contributed by atoms with Crippen LogP contribution in [0.15, 0.2) is 48.5 Å². The number of nitrogens with two attached hydrogens (primary N) is 1. The molecule has 2 aromatic rings. The summed E-state index contributed by atoms with van der Waals surface area (Å²) in [5.74, 6) is 0.179. The second kappa shape index (κ2) is 5.19. The van der Waals surface area contributed by atoms with Gasteiger partial charge >= 0.3 is 6.18 Å². The lowest BCUT2D eigenvalue weighted by Gasteiger charge is -2.17. The first-order valence-corrected chi connectivity index (χ1v) is 6.94. The van der Waals surface area contributed by atoms with Gasteiger partial charge in [0.25, 0.3) is 0 Å². The van der Waals surface area contributed by atoms with E-state index in [2.05, 4.69) is 12.1 Å². The third-order valence-corrected chi connectivity index (χ3v) is 4.16. The van der Waals surface area contributed by atoms with Crippen molar-refractivity contribution in [1.29, 1.82) is 0 Å². The van der Waals surface area contributed by atoms with E-state index in [0.29, 0.717) is 6.42 Å². The molecule has 3 rings (SSSR count). The Morgan fingerprint density at radius 2 is 1.67 bits per heavy atom. The standard InChI is InChI=1S/C17H16F3N/c18-17(19,20)13-7-5-11(6-8-13)9-15-14-4-2-1-3-12(14)10-16(15)21/h1-8,15-16H,9-10,21H2. The largest absolute Gasteiger partial charge is 0.416 e. The molecule has 0 fully saturated rings. The Morgan fingerprint density at radius 3 is 2.33 bits per heavy atom. The van der Waals surface area contributed by atoms with E-state index in [9.17, 15) is 13.2 Å². The van der Waals surface area contributed by atoms with E-state index < -0.39 is 11.7 Å². The molecule has 0 saturated carbocycles. The summed E-state index contributed by atoms with van der Waals surface area (Å²) in [6.07, 6.45) is -2.77. The summed E-state index contributed by atoms with van der Waals surface area (Å²) in [4.78, 5) is 0. The summed E-state index contributed by atoms with van der Waals surface area (Å²) in [5.41, 5.74) is 8.95. The van der Waals surface area contributed by atoms with Crippen molar-refractivity contribution in [3.05, 3.63) is 70.8 Å². The van der Waals surface area contributed by atoms with Crippen LogP contribution in [0, 0.1) is 0 Å². The average Bonchev–Trinajstić information content (AvgIpc) is 2.75. The van der Waals surface area contributed by atoms with Crippen LogP contribution in [-0.4, -0.2) is 6.04 Å². The van der Waals surface area contributed by atoms with Crippen LogP contribution in [0.5, 0.6) is 0 Å². The Morgan fingerprint density at radius 1 is 1.00 bits per heavy atom. The third kappa shape index (κ3) is 2.81. The molecule has 4 heteroatoms. The first-order chi connectivity index (χ1) is 9.95. The first kappa shape index (κ1) is 14.1. The van der Waals surface area contributed by atoms with E-state index in [-0.39, 0.29) is 12.0 Å². The number of hydrogen-bond donors (Lipinski definition) is 1. The average molecular weight is 291 g/mol. The van der Waals surface area contributed by atoms with Crippen molar-refractivity contribution in [2.24, 2.45) is 5.73 Å². The van der Waals surface area contributed by atoms with Crippen molar-refractivity contribution < 1.29 is 13.2 Å². The maximum absolute atomic E-state index is 12.6. The van der Waals surface area contributed by atoms with E-state index in [4.69, 9.17) is 5.73 Å². The summed E-state index contributed by atoms with van der Waals surface area (Å²) in [6, 6.07) is 13.5. The van der Waals surface area contributed by atoms with Crippen LogP contribution in [0.1, 0.15) is 28.2 Å². The van der Waals surface area contributed by atoms with Gasteiger partial charge in [-0.3, -0.25) is 0 Å². The topological polar surface area (TPSA) is 26.0 Å². The second-order valence-corrected chi connectivity index (χ2v) is 5.57. The number of halogens is 3. The zero-order valence-corrected chi connectivity index (χ0v) is 11.4. The van der Waals surface area contributed by atoms with Gasteiger partial charge in [0.05, 0.1) is 5.56 Å². The van der Waals surface area contributed by atoms with E-state index >= 15 is 0 Å². The molecule has 0 amide bonds. The molecule has 0 heterocycles. The molecule has 0 aliphatic heterocycles. The van der Waals surface area contributed by atoms with Gasteiger partial charge in [-0.1, -0.05) is 36.4 Å². The lowest BCUT2D eigenvalue weighted by Crippen LogP contribution is -2.26. The molecule has 0 aromatic heterocycles. The minimum absolute atomic E-state index is 0.0321. The van der Waals surface area contributed by atoms with Crippen LogP contribution < -0.4 is 5.73 Å². The highest BCUT2D eigenvalue weighted by molar-refractivity contribution is 5.39. The summed E-state index contributed by atoms with van der Waals surface area (Å²) >= 11 is 0. The van der Waals surface area contributed by atoms with E-state index in [0.717, 1.165) is 24.1 Å². The molecule has 1 nitrogen and oxygen atoms in total. The first-order valence-electron chi connectivity index (χ1n) is 6.94. The van der Waals surface area contributed by atoms with Gasteiger partial charge in [-0.05, 0) is 41.7 Å².